The number of sulfonamides is 1. The summed E-state index contributed by atoms with van der Waals surface area (Å²) in [5.74, 6) is 0. The number of nitriles is 1. The Hall–Kier alpha value is -1.68. The van der Waals surface area contributed by atoms with Gasteiger partial charge in [0, 0.05) is 16.3 Å². The number of aryl methyl sites for hydroxylation is 2. The molecule has 2 aromatic rings. The predicted octanol–water partition coefficient (Wildman–Crippen LogP) is 2.72. The van der Waals surface area contributed by atoms with Gasteiger partial charge in [0.15, 0.2) is 0 Å². The molecule has 1 aromatic carbocycles. The van der Waals surface area contributed by atoms with Crippen LogP contribution in [0.3, 0.4) is 0 Å². The standard InChI is InChI=1S/C14H14N2O2S2/c1-10-7-13(11(2)19-10)9-16-20(17,18)14-5-3-12(8-15)4-6-14/h3-7,16H,9H2,1-2H3. The molecule has 0 atom stereocenters. The van der Waals surface area contributed by atoms with Crippen molar-refractivity contribution in [3.8, 4) is 6.07 Å². The quantitative estimate of drug-likeness (QED) is 0.944. The van der Waals surface area contributed by atoms with Gasteiger partial charge < -0.3 is 0 Å². The van der Waals surface area contributed by atoms with E-state index in [1.54, 1.807) is 11.3 Å². The Bertz CT molecular complexity index is 753. The van der Waals surface area contributed by atoms with E-state index in [9.17, 15) is 8.42 Å². The van der Waals surface area contributed by atoms with Gasteiger partial charge in [-0.2, -0.15) is 5.26 Å². The van der Waals surface area contributed by atoms with Crippen LogP contribution in [0.1, 0.15) is 20.9 Å². The number of nitrogens with zero attached hydrogens (tertiary/aromatic N) is 1. The first-order valence-electron chi connectivity index (χ1n) is 5.98. The highest BCUT2D eigenvalue weighted by Crippen LogP contribution is 2.21. The number of hydrogen-bond acceptors (Lipinski definition) is 4. The van der Waals surface area contributed by atoms with E-state index in [0.717, 1.165) is 15.3 Å². The number of nitrogens with one attached hydrogen (secondary N) is 1. The van der Waals surface area contributed by atoms with E-state index in [0.29, 0.717) is 5.56 Å². The predicted molar refractivity (Wildman–Crippen MR) is 79.0 cm³/mol. The molecular formula is C14H14N2O2S2. The Morgan fingerprint density at radius 1 is 1.25 bits per heavy atom. The first kappa shape index (κ1) is 14.7. The molecule has 0 saturated carbocycles. The molecule has 1 N–H and O–H groups in total. The van der Waals surface area contributed by atoms with Crippen molar-refractivity contribution in [2.45, 2.75) is 25.3 Å². The zero-order valence-corrected chi connectivity index (χ0v) is 12.8. The van der Waals surface area contributed by atoms with Gasteiger partial charge in [-0.25, -0.2) is 13.1 Å². The van der Waals surface area contributed by atoms with Gasteiger partial charge in [-0.05, 0) is 49.7 Å². The van der Waals surface area contributed by atoms with E-state index in [4.69, 9.17) is 5.26 Å². The summed E-state index contributed by atoms with van der Waals surface area (Å²) >= 11 is 1.65. The molecule has 0 spiro atoms. The maximum absolute atomic E-state index is 12.1. The van der Waals surface area contributed by atoms with E-state index in [-0.39, 0.29) is 11.4 Å². The normalized spacial score (nSPS) is 11.2. The van der Waals surface area contributed by atoms with Crippen molar-refractivity contribution < 1.29 is 8.42 Å². The van der Waals surface area contributed by atoms with E-state index in [1.807, 2.05) is 26.0 Å². The molecule has 0 aliphatic carbocycles. The third-order valence-electron chi connectivity index (χ3n) is 2.89. The highest BCUT2D eigenvalue weighted by atomic mass is 32.2. The van der Waals surface area contributed by atoms with Crippen molar-refractivity contribution >= 4 is 21.4 Å². The molecule has 6 heteroatoms. The van der Waals surface area contributed by atoms with Crippen LogP contribution in [0.25, 0.3) is 0 Å². The molecule has 104 valence electrons. The first-order valence-corrected chi connectivity index (χ1v) is 8.28. The summed E-state index contributed by atoms with van der Waals surface area (Å²) in [7, 11) is -3.55. The monoisotopic (exact) mass is 306 g/mol. The summed E-state index contributed by atoms with van der Waals surface area (Å²) in [6.07, 6.45) is 0. The fourth-order valence-corrected chi connectivity index (χ4v) is 3.78. The van der Waals surface area contributed by atoms with Crippen LogP contribution < -0.4 is 4.72 Å². The minimum absolute atomic E-state index is 0.168. The minimum Gasteiger partial charge on any atom is -0.207 e. The summed E-state index contributed by atoms with van der Waals surface area (Å²) in [6, 6.07) is 9.81. The van der Waals surface area contributed by atoms with Gasteiger partial charge >= 0.3 is 0 Å². The number of hydrogen-bond donors (Lipinski definition) is 1. The van der Waals surface area contributed by atoms with Crippen molar-refractivity contribution in [2.75, 3.05) is 0 Å². The molecule has 20 heavy (non-hydrogen) atoms. The lowest BCUT2D eigenvalue weighted by Gasteiger charge is -2.06. The molecule has 2 rings (SSSR count). The third-order valence-corrected chi connectivity index (χ3v) is 5.32. The van der Waals surface area contributed by atoms with Crippen LogP contribution >= 0.6 is 11.3 Å². The van der Waals surface area contributed by atoms with Crippen LogP contribution in [0.2, 0.25) is 0 Å². The lowest BCUT2D eigenvalue weighted by molar-refractivity contribution is 0.581. The second-order valence-electron chi connectivity index (χ2n) is 4.40. The van der Waals surface area contributed by atoms with Crippen LogP contribution in [-0.4, -0.2) is 8.42 Å². The van der Waals surface area contributed by atoms with Gasteiger partial charge in [0.1, 0.15) is 0 Å². The SMILES string of the molecule is Cc1cc(CNS(=O)(=O)c2ccc(C#N)cc2)c(C)s1. The summed E-state index contributed by atoms with van der Waals surface area (Å²) < 4.78 is 26.8. The van der Waals surface area contributed by atoms with Crippen molar-refractivity contribution in [1.82, 2.24) is 4.72 Å². The van der Waals surface area contributed by atoms with Gasteiger partial charge in [-0.15, -0.1) is 11.3 Å². The van der Waals surface area contributed by atoms with E-state index in [1.165, 1.54) is 24.3 Å². The second-order valence-corrected chi connectivity index (χ2v) is 7.63. The molecule has 0 bridgehead atoms. The Balaban J connectivity index is 2.15. The molecular weight excluding hydrogens is 292 g/mol. The maximum atomic E-state index is 12.1. The Morgan fingerprint density at radius 2 is 1.90 bits per heavy atom. The Morgan fingerprint density at radius 3 is 2.40 bits per heavy atom. The minimum atomic E-state index is -3.55. The molecule has 0 amide bonds. The smallest absolute Gasteiger partial charge is 0.207 e. The van der Waals surface area contributed by atoms with Crippen molar-refractivity contribution in [1.29, 1.82) is 5.26 Å². The topological polar surface area (TPSA) is 70.0 Å². The molecule has 0 unspecified atom stereocenters. The largest absolute Gasteiger partial charge is 0.240 e. The fraction of sp³-hybridized carbons (Fsp3) is 0.214. The first-order chi connectivity index (χ1) is 9.42. The van der Waals surface area contributed by atoms with Gasteiger partial charge in [-0.1, -0.05) is 0 Å². The van der Waals surface area contributed by atoms with E-state index in [2.05, 4.69) is 4.72 Å². The molecule has 1 heterocycles. The molecule has 0 aliphatic rings. The van der Waals surface area contributed by atoms with Crippen molar-refractivity contribution in [2.24, 2.45) is 0 Å². The van der Waals surface area contributed by atoms with Crippen LogP contribution in [0.15, 0.2) is 35.2 Å². The molecule has 1 aromatic heterocycles. The highest BCUT2D eigenvalue weighted by Gasteiger charge is 2.14. The van der Waals surface area contributed by atoms with Gasteiger partial charge in [0.25, 0.3) is 0 Å². The number of benzene rings is 1. The van der Waals surface area contributed by atoms with E-state index >= 15 is 0 Å². The van der Waals surface area contributed by atoms with Gasteiger partial charge in [0.2, 0.25) is 10.0 Å². The van der Waals surface area contributed by atoms with Crippen LogP contribution in [0, 0.1) is 25.2 Å². The van der Waals surface area contributed by atoms with Crippen LogP contribution in [0.5, 0.6) is 0 Å². The zero-order chi connectivity index (χ0) is 14.8. The van der Waals surface area contributed by atoms with Crippen molar-refractivity contribution in [3.05, 3.63) is 51.2 Å². The highest BCUT2D eigenvalue weighted by molar-refractivity contribution is 7.89. The summed E-state index contributed by atoms with van der Waals surface area (Å²) in [5.41, 5.74) is 1.43. The summed E-state index contributed by atoms with van der Waals surface area (Å²) in [6.45, 7) is 4.25. The second kappa shape index (κ2) is 5.75. The van der Waals surface area contributed by atoms with Crippen molar-refractivity contribution in [3.63, 3.8) is 0 Å². The van der Waals surface area contributed by atoms with Gasteiger partial charge in [0.05, 0.1) is 16.5 Å². The molecule has 0 radical (unpaired) electrons. The summed E-state index contributed by atoms with van der Waals surface area (Å²) in [5, 5.41) is 8.70. The number of thiophene rings is 1. The van der Waals surface area contributed by atoms with E-state index < -0.39 is 10.0 Å². The number of rotatable bonds is 4. The lowest BCUT2D eigenvalue weighted by atomic mass is 10.2. The average Bonchev–Trinajstić information content (AvgIpc) is 2.75. The Kier molecular flexibility index (Phi) is 4.23. The van der Waals surface area contributed by atoms with Gasteiger partial charge in [-0.3, -0.25) is 0 Å². The van der Waals surface area contributed by atoms with Crippen LogP contribution in [-0.2, 0) is 16.6 Å². The molecule has 0 fully saturated rings. The summed E-state index contributed by atoms with van der Waals surface area (Å²) in [4.78, 5) is 2.45. The van der Waals surface area contributed by atoms with Crippen LogP contribution in [0.4, 0.5) is 0 Å². The fourth-order valence-electron chi connectivity index (χ4n) is 1.82. The third kappa shape index (κ3) is 3.25. The Labute approximate surface area is 122 Å². The lowest BCUT2D eigenvalue weighted by Crippen LogP contribution is -2.23. The zero-order valence-electron chi connectivity index (χ0n) is 11.2. The molecule has 0 aliphatic heterocycles. The maximum Gasteiger partial charge on any atom is 0.240 e. The molecule has 4 nitrogen and oxygen atoms in total. The molecule has 0 saturated heterocycles. The average molecular weight is 306 g/mol.